The van der Waals surface area contributed by atoms with Crippen LogP contribution in [0.2, 0.25) is 0 Å². The second-order valence-corrected chi connectivity index (χ2v) is 9.01. The number of aliphatic hydroxyl groups excluding tert-OH is 1. The molecule has 1 aromatic carbocycles. The van der Waals surface area contributed by atoms with Crippen LogP contribution in [0.3, 0.4) is 0 Å². The van der Waals surface area contributed by atoms with Crippen molar-refractivity contribution in [2.75, 3.05) is 31.9 Å². The van der Waals surface area contributed by atoms with Gasteiger partial charge in [0.05, 0.1) is 18.4 Å². The monoisotopic (exact) mass is 542 g/mol. The summed E-state index contributed by atoms with van der Waals surface area (Å²) in [6, 6.07) is 5.83. The Kier molecular flexibility index (Phi) is 11.4. The third kappa shape index (κ3) is 8.35. The highest BCUT2D eigenvalue weighted by Crippen LogP contribution is 2.16. The minimum absolute atomic E-state index is 0. The molecule has 0 spiro atoms. The molecule has 1 unspecified atom stereocenters. The summed E-state index contributed by atoms with van der Waals surface area (Å²) >= 11 is 0. The molecule has 7 nitrogen and oxygen atoms in total. The molecule has 0 bridgehead atoms. The first kappa shape index (κ1) is 26.1. The van der Waals surface area contributed by atoms with Gasteiger partial charge in [-0.05, 0) is 43.9 Å². The van der Waals surface area contributed by atoms with Gasteiger partial charge in [-0.15, -0.1) is 24.0 Å². The van der Waals surface area contributed by atoms with Gasteiger partial charge in [-0.3, -0.25) is 4.99 Å². The lowest BCUT2D eigenvalue weighted by atomic mass is 10.1. The molecule has 1 aliphatic rings. The molecule has 0 amide bonds. The van der Waals surface area contributed by atoms with Crippen molar-refractivity contribution in [3.8, 4) is 0 Å². The summed E-state index contributed by atoms with van der Waals surface area (Å²) in [5, 5.41) is 16.7. The fourth-order valence-corrected chi connectivity index (χ4v) is 4.69. The van der Waals surface area contributed by atoms with E-state index in [-0.39, 0.29) is 48.1 Å². The molecule has 0 radical (unpaired) electrons. The van der Waals surface area contributed by atoms with Crippen LogP contribution >= 0.6 is 24.0 Å². The van der Waals surface area contributed by atoms with Crippen LogP contribution in [0.15, 0.2) is 29.3 Å². The van der Waals surface area contributed by atoms with E-state index in [9.17, 15) is 17.9 Å². The molecule has 0 saturated carbocycles. The molecule has 10 heteroatoms. The number of nitrogens with one attached hydrogen (secondary N) is 2. The Morgan fingerprint density at radius 1 is 1.28 bits per heavy atom. The Hall–Kier alpha value is -0.980. The lowest BCUT2D eigenvalue weighted by Crippen LogP contribution is -2.50. The van der Waals surface area contributed by atoms with Gasteiger partial charge < -0.3 is 15.7 Å². The van der Waals surface area contributed by atoms with Crippen molar-refractivity contribution in [2.24, 2.45) is 4.99 Å². The molecule has 166 valence electrons. The van der Waals surface area contributed by atoms with Gasteiger partial charge in [0, 0.05) is 25.7 Å². The van der Waals surface area contributed by atoms with Gasteiger partial charge in [0.2, 0.25) is 10.0 Å². The van der Waals surface area contributed by atoms with E-state index in [1.54, 1.807) is 16.4 Å². The fraction of sp³-hybridized carbons (Fsp3) is 0.632. The van der Waals surface area contributed by atoms with E-state index in [1.165, 1.54) is 12.1 Å². The summed E-state index contributed by atoms with van der Waals surface area (Å²) in [4.78, 5) is 4.42. The largest absolute Gasteiger partial charge is 0.386 e. The molecule has 1 aliphatic heterocycles. The van der Waals surface area contributed by atoms with Gasteiger partial charge in [0.25, 0.3) is 0 Å². The maximum Gasteiger partial charge on any atom is 0.214 e. The Labute approximate surface area is 190 Å². The van der Waals surface area contributed by atoms with Crippen LogP contribution in [0.4, 0.5) is 4.39 Å². The summed E-state index contributed by atoms with van der Waals surface area (Å²) in [5.74, 6) is 0.427. The first-order valence-corrected chi connectivity index (χ1v) is 11.4. The van der Waals surface area contributed by atoms with Crippen LogP contribution in [0, 0.1) is 5.82 Å². The van der Waals surface area contributed by atoms with Crippen LogP contribution in [0.1, 0.15) is 44.8 Å². The molecule has 1 fully saturated rings. The fourth-order valence-electron chi connectivity index (χ4n) is 3.15. The first-order chi connectivity index (χ1) is 13.4. The SMILES string of the molecule is CCCS(=O)(=O)N1CCC(NC(=NCC(O)c2ccc(F)cc2)NCC)CC1.I. The second-order valence-electron chi connectivity index (χ2n) is 6.92. The maximum absolute atomic E-state index is 13.0. The number of aliphatic hydroxyl groups is 1. The molecular weight excluding hydrogens is 510 g/mol. The molecule has 3 N–H and O–H groups in total. The van der Waals surface area contributed by atoms with Crippen molar-refractivity contribution < 1.29 is 17.9 Å². The average Bonchev–Trinajstić information content (AvgIpc) is 2.67. The van der Waals surface area contributed by atoms with E-state index in [0.717, 1.165) is 0 Å². The first-order valence-electron chi connectivity index (χ1n) is 9.82. The number of benzene rings is 1. The highest BCUT2D eigenvalue weighted by Gasteiger charge is 2.27. The number of hydrogen-bond acceptors (Lipinski definition) is 4. The summed E-state index contributed by atoms with van der Waals surface area (Å²) in [6.45, 7) is 5.63. The van der Waals surface area contributed by atoms with E-state index in [2.05, 4.69) is 15.6 Å². The van der Waals surface area contributed by atoms with E-state index in [0.29, 0.717) is 50.4 Å². The topological polar surface area (TPSA) is 94.0 Å². The lowest BCUT2D eigenvalue weighted by molar-refractivity contribution is 0.187. The van der Waals surface area contributed by atoms with Crippen LogP contribution in [0.5, 0.6) is 0 Å². The van der Waals surface area contributed by atoms with Gasteiger partial charge in [-0.2, -0.15) is 0 Å². The number of rotatable bonds is 8. The predicted octanol–water partition coefficient (Wildman–Crippen LogP) is 2.24. The van der Waals surface area contributed by atoms with Crippen LogP contribution in [-0.4, -0.2) is 61.8 Å². The highest BCUT2D eigenvalue weighted by molar-refractivity contribution is 14.0. The standard InChI is InChI=1S/C19H31FN4O3S.HI/c1-3-13-28(26,27)24-11-9-17(10-12-24)23-19(21-4-2)22-14-18(25)15-5-7-16(20)8-6-15;/h5-8,17-18,25H,3-4,9-14H2,1-2H3,(H2,21,22,23);1H. The van der Waals surface area contributed by atoms with Gasteiger partial charge >= 0.3 is 0 Å². The summed E-state index contributed by atoms with van der Waals surface area (Å²) in [5.41, 5.74) is 0.607. The lowest BCUT2D eigenvalue weighted by Gasteiger charge is -2.32. The number of sulfonamides is 1. The Morgan fingerprint density at radius 2 is 1.90 bits per heavy atom. The van der Waals surface area contributed by atoms with E-state index in [4.69, 9.17) is 0 Å². The number of guanidine groups is 1. The summed E-state index contributed by atoms with van der Waals surface area (Å²) < 4.78 is 38.9. The Balaban J connectivity index is 0.00000420. The quantitative estimate of drug-likeness (QED) is 0.266. The molecule has 0 aliphatic carbocycles. The molecule has 1 aromatic rings. The zero-order valence-corrected chi connectivity index (χ0v) is 20.1. The van der Waals surface area contributed by atoms with E-state index >= 15 is 0 Å². The number of nitrogens with zero attached hydrogens (tertiary/aromatic N) is 2. The van der Waals surface area contributed by atoms with Crippen LogP contribution < -0.4 is 10.6 Å². The number of aliphatic imine (C=N–C) groups is 1. The van der Waals surface area contributed by atoms with E-state index < -0.39 is 16.1 Å². The van der Waals surface area contributed by atoms with Crippen molar-refractivity contribution in [1.82, 2.24) is 14.9 Å². The summed E-state index contributed by atoms with van der Waals surface area (Å²) in [6.07, 6.45) is 1.20. The molecule has 1 atom stereocenters. The maximum atomic E-state index is 13.0. The van der Waals surface area contributed by atoms with Crippen LogP contribution in [-0.2, 0) is 10.0 Å². The van der Waals surface area contributed by atoms with Crippen molar-refractivity contribution in [3.63, 3.8) is 0 Å². The van der Waals surface area contributed by atoms with Crippen LogP contribution in [0.25, 0.3) is 0 Å². The Bertz CT molecular complexity index is 738. The Morgan fingerprint density at radius 3 is 2.45 bits per heavy atom. The third-order valence-corrected chi connectivity index (χ3v) is 6.75. The van der Waals surface area contributed by atoms with E-state index in [1.807, 2.05) is 13.8 Å². The predicted molar refractivity (Wildman–Crippen MR) is 125 cm³/mol. The summed E-state index contributed by atoms with van der Waals surface area (Å²) in [7, 11) is -3.15. The molecule has 2 rings (SSSR count). The minimum atomic E-state index is -3.15. The molecular formula is C19H32FIN4O3S. The molecule has 29 heavy (non-hydrogen) atoms. The average molecular weight is 542 g/mol. The van der Waals surface area contributed by atoms with Gasteiger partial charge in [-0.25, -0.2) is 17.1 Å². The number of piperidine rings is 1. The zero-order valence-electron chi connectivity index (χ0n) is 17.0. The third-order valence-electron chi connectivity index (χ3n) is 4.67. The van der Waals surface area contributed by atoms with Crippen molar-refractivity contribution in [3.05, 3.63) is 35.6 Å². The molecule has 1 heterocycles. The van der Waals surface area contributed by atoms with Crippen molar-refractivity contribution in [2.45, 2.75) is 45.3 Å². The zero-order chi connectivity index (χ0) is 20.6. The van der Waals surface area contributed by atoms with Gasteiger partial charge in [0.15, 0.2) is 5.96 Å². The van der Waals surface area contributed by atoms with Gasteiger partial charge in [0.1, 0.15) is 5.82 Å². The van der Waals surface area contributed by atoms with Crippen molar-refractivity contribution in [1.29, 1.82) is 0 Å². The molecule has 1 saturated heterocycles. The second kappa shape index (κ2) is 12.7. The molecule has 0 aromatic heterocycles. The highest BCUT2D eigenvalue weighted by atomic mass is 127. The normalized spacial score (nSPS) is 17.4. The number of hydrogen-bond donors (Lipinski definition) is 3. The van der Waals surface area contributed by atoms with Gasteiger partial charge in [-0.1, -0.05) is 19.1 Å². The minimum Gasteiger partial charge on any atom is -0.386 e. The smallest absolute Gasteiger partial charge is 0.214 e. The van der Waals surface area contributed by atoms with Crippen molar-refractivity contribution >= 4 is 40.0 Å². The number of halogens is 2.